The van der Waals surface area contributed by atoms with Gasteiger partial charge in [-0.3, -0.25) is 19.4 Å². The zero-order valence-corrected chi connectivity index (χ0v) is 19.4. The molecule has 1 saturated carbocycles. The highest BCUT2D eigenvalue weighted by atomic mass is 19.4. The van der Waals surface area contributed by atoms with Crippen LogP contribution in [0.25, 0.3) is 0 Å². The summed E-state index contributed by atoms with van der Waals surface area (Å²) in [6.45, 7) is 5.92. The number of nitrogens with one attached hydrogen (secondary N) is 3. The highest BCUT2D eigenvalue weighted by molar-refractivity contribution is 5.96. The first-order chi connectivity index (χ1) is 16.3. The van der Waals surface area contributed by atoms with Crippen LogP contribution in [0.4, 0.5) is 13.2 Å². The smallest absolute Gasteiger partial charge is 0.350 e. The molecule has 3 N–H and O–H groups in total. The van der Waals surface area contributed by atoms with Crippen LogP contribution in [0.5, 0.6) is 0 Å². The Kier molecular flexibility index (Phi) is 8.10. The average Bonchev–Trinajstić information content (AvgIpc) is 3.31. The summed E-state index contributed by atoms with van der Waals surface area (Å²) in [5.41, 5.74) is -1.01. The van der Waals surface area contributed by atoms with Crippen LogP contribution >= 0.6 is 0 Å². The number of hydrogen-bond acceptors (Lipinski definition) is 5. The molecule has 188 valence electrons. The molecule has 0 aromatic heterocycles. The van der Waals surface area contributed by atoms with Gasteiger partial charge < -0.3 is 16.0 Å². The first-order valence-electron chi connectivity index (χ1n) is 12.2. The highest BCUT2D eigenvalue weighted by Gasteiger charge is 2.34. The lowest BCUT2D eigenvalue weighted by atomic mass is 9.89. The van der Waals surface area contributed by atoms with Crippen LogP contribution < -0.4 is 16.0 Å². The van der Waals surface area contributed by atoms with Crippen molar-refractivity contribution in [3.8, 4) is 0 Å². The van der Waals surface area contributed by atoms with E-state index in [0.29, 0.717) is 12.1 Å². The van der Waals surface area contributed by atoms with Crippen molar-refractivity contribution in [1.82, 2.24) is 25.8 Å². The predicted octanol–water partition coefficient (Wildman–Crippen LogP) is 1.84. The molecule has 1 aliphatic carbocycles. The second-order valence-electron chi connectivity index (χ2n) is 9.56. The van der Waals surface area contributed by atoms with Gasteiger partial charge in [-0.05, 0) is 50.3 Å². The van der Waals surface area contributed by atoms with Crippen LogP contribution in [-0.4, -0.2) is 85.6 Å². The molecule has 2 saturated heterocycles. The molecule has 3 aliphatic rings. The zero-order chi connectivity index (χ0) is 24.1. The van der Waals surface area contributed by atoms with Crippen LogP contribution in [0, 0.1) is 0 Å². The quantitative estimate of drug-likeness (QED) is 0.578. The molecule has 0 spiro atoms. The number of halogens is 3. The van der Waals surface area contributed by atoms with E-state index in [-0.39, 0.29) is 24.1 Å². The van der Waals surface area contributed by atoms with Gasteiger partial charge in [0.25, 0.3) is 5.91 Å². The van der Waals surface area contributed by atoms with Crippen molar-refractivity contribution < 1.29 is 22.8 Å². The maximum absolute atomic E-state index is 12.8. The maximum atomic E-state index is 12.8. The Hall–Kier alpha value is -2.17. The van der Waals surface area contributed by atoms with Crippen LogP contribution in [0.3, 0.4) is 0 Å². The van der Waals surface area contributed by atoms with Gasteiger partial charge in [-0.2, -0.15) is 13.2 Å². The number of piperazine rings is 1. The van der Waals surface area contributed by atoms with E-state index in [0.717, 1.165) is 57.8 Å². The Bertz CT molecular complexity index is 851. The van der Waals surface area contributed by atoms with Crippen LogP contribution in [-0.2, 0) is 11.0 Å². The van der Waals surface area contributed by atoms with Gasteiger partial charge in [-0.1, -0.05) is 6.07 Å². The molecule has 7 nitrogen and oxygen atoms in total. The Morgan fingerprint density at radius 2 is 1.65 bits per heavy atom. The van der Waals surface area contributed by atoms with Gasteiger partial charge in [0.15, 0.2) is 0 Å². The van der Waals surface area contributed by atoms with E-state index < -0.39 is 17.6 Å². The minimum Gasteiger partial charge on any atom is -0.350 e. The molecule has 34 heavy (non-hydrogen) atoms. The molecule has 2 aliphatic heterocycles. The number of hydrogen-bond donors (Lipinski definition) is 3. The topological polar surface area (TPSA) is 76.7 Å². The van der Waals surface area contributed by atoms with Gasteiger partial charge >= 0.3 is 6.18 Å². The number of rotatable bonds is 6. The summed E-state index contributed by atoms with van der Waals surface area (Å²) in [7, 11) is 0. The van der Waals surface area contributed by atoms with Crippen molar-refractivity contribution in [2.24, 2.45) is 0 Å². The molecule has 1 unspecified atom stereocenters. The highest BCUT2D eigenvalue weighted by Crippen LogP contribution is 2.30. The monoisotopic (exact) mass is 481 g/mol. The average molecular weight is 482 g/mol. The van der Waals surface area contributed by atoms with Crippen LogP contribution in [0.1, 0.15) is 48.0 Å². The van der Waals surface area contributed by atoms with E-state index >= 15 is 0 Å². The molecule has 0 radical (unpaired) electrons. The second-order valence-corrected chi connectivity index (χ2v) is 9.56. The fraction of sp³-hybridized carbons (Fsp3) is 0.667. The minimum atomic E-state index is -4.52. The Morgan fingerprint density at radius 3 is 2.32 bits per heavy atom. The third kappa shape index (κ3) is 6.49. The van der Waals surface area contributed by atoms with Gasteiger partial charge in [0.1, 0.15) is 0 Å². The van der Waals surface area contributed by atoms with E-state index in [1.165, 1.54) is 37.8 Å². The Morgan fingerprint density at radius 1 is 0.971 bits per heavy atom. The summed E-state index contributed by atoms with van der Waals surface area (Å²) in [5, 5.41) is 8.79. The SMILES string of the molecule is O=C(CNC(=O)c1cccc(C(F)(F)F)c1)NC1CCN(C2CCC(N3CCNCC3)CC2)C1. The Balaban J connectivity index is 1.17. The van der Waals surface area contributed by atoms with E-state index in [9.17, 15) is 22.8 Å². The van der Waals surface area contributed by atoms with Crippen LogP contribution in [0.15, 0.2) is 24.3 Å². The fourth-order valence-electron chi connectivity index (χ4n) is 5.45. The second kappa shape index (κ2) is 11.0. The van der Waals surface area contributed by atoms with Crippen molar-refractivity contribution >= 4 is 11.8 Å². The zero-order valence-electron chi connectivity index (χ0n) is 19.4. The molecular formula is C24H34F3N5O2. The summed E-state index contributed by atoms with van der Waals surface area (Å²) in [4.78, 5) is 29.6. The van der Waals surface area contributed by atoms with Crippen molar-refractivity contribution in [3.63, 3.8) is 0 Å². The molecule has 0 bridgehead atoms. The summed E-state index contributed by atoms with van der Waals surface area (Å²) in [5.74, 6) is -1.02. The standard InChI is InChI=1S/C24H34F3N5O2/c25-24(26,27)18-3-1-2-17(14-18)23(34)29-15-22(33)30-19-8-11-32(16-19)21-6-4-20(5-7-21)31-12-9-28-10-13-31/h1-3,14,19-21,28H,4-13,15-16H2,(H,29,34)(H,30,33). The number of carbonyl (C=O) groups is 2. The summed E-state index contributed by atoms with van der Waals surface area (Å²) >= 11 is 0. The molecule has 1 aromatic carbocycles. The number of carbonyl (C=O) groups excluding carboxylic acids is 2. The lowest BCUT2D eigenvalue weighted by molar-refractivity contribution is -0.137. The maximum Gasteiger partial charge on any atom is 0.416 e. The molecule has 2 amide bonds. The van der Waals surface area contributed by atoms with Gasteiger partial charge in [-0.15, -0.1) is 0 Å². The van der Waals surface area contributed by atoms with Crippen molar-refractivity contribution in [2.75, 3.05) is 45.8 Å². The summed E-state index contributed by atoms with van der Waals surface area (Å²) in [6, 6.07) is 5.46. The fourth-order valence-corrected chi connectivity index (χ4v) is 5.45. The van der Waals surface area contributed by atoms with Crippen LogP contribution in [0.2, 0.25) is 0 Å². The summed E-state index contributed by atoms with van der Waals surface area (Å²) in [6.07, 6.45) is 1.15. The lowest BCUT2D eigenvalue weighted by Gasteiger charge is -2.41. The number of nitrogens with zero attached hydrogens (tertiary/aromatic N) is 2. The van der Waals surface area contributed by atoms with Crippen molar-refractivity contribution in [1.29, 1.82) is 0 Å². The first-order valence-corrected chi connectivity index (χ1v) is 12.2. The molecule has 2 heterocycles. The minimum absolute atomic E-state index is 0.0313. The number of alkyl halides is 3. The molecule has 4 rings (SSSR count). The van der Waals surface area contributed by atoms with Crippen molar-refractivity contribution in [3.05, 3.63) is 35.4 Å². The molecule has 1 atom stereocenters. The number of likely N-dealkylation sites (tertiary alicyclic amines) is 1. The summed E-state index contributed by atoms with van der Waals surface area (Å²) < 4.78 is 38.5. The van der Waals surface area contributed by atoms with Crippen molar-refractivity contribution in [2.45, 2.75) is 56.4 Å². The molecular weight excluding hydrogens is 447 g/mol. The first kappa shape index (κ1) is 24.9. The molecule has 3 fully saturated rings. The van der Waals surface area contributed by atoms with Gasteiger partial charge in [0.2, 0.25) is 5.91 Å². The number of benzene rings is 1. The largest absolute Gasteiger partial charge is 0.416 e. The van der Waals surface area contributed by atoms with Gasteiger partial charge in [0.05, 0.1) is 12.1 Å². The van der Waals surface area contributed by atoms with E-state index in [1.54, 1.807) is 0 Å². The lowest BCUT2D eigenvalue weighted by Crippen LogP contribution is -2.51. The molecule has 10 heteroatoms. The van der Waals surface area contributed by atoms with Gasteiger partial charge in [0, 0.05) is 63.0 Å². The normalized spacial score (nSPS) is 26.9. The Labute approximate surface area is 198 Å². The predicted molar refractivity (Wildman–Crippen MR) is 122 cm³/mol. The third-order valence-corrected chi connectivity index (χ3v) is 7.30. The third-order valence-electron chi connectivity index (χ3n) is 7.30. The van der Waals surface area contributed by atoms with E-state index in [2.05, 4.69) is 25.8 Å². The number of amides is 2. The van der Waals surface area contributed by atoms with E-state index in [1.807, 2.05) is 0 Å². The van der Waals surface area contributed by atoms with Gasteiger partial charge in [-0.25, -0.2) is 0 Å². The molecule has 1 aromatic rings. The van der Waals surface area contributed by atoms with E-state index in [4.69, 9.17) is 0 Å².